The highest BCUT2D eigenvalue weighted by molar-refractivity contribution is 9.11. The van der Waals surface area contributed by atoms with E-state index < -0.39 is 12.1 Å². The van der Waals surface area contributed by atoms with Gasteiger partial charge >= 0.3 is 6.36 Å². The van der Waals surface area contributed by atoms with Crippen molar-refractivity contribution in [2.45, 2.75) is 33.1 Å². The number of halogens is 4. The third-order valence-corrected chi connectivity index (χ3v) is 5.75. The van der Waals surface area contributed by atoms with Crippen LogP contribution < -0.4 is 5.32 Å². The van der Waals surface area contributed by atoms with Crippen molar-refractivity contribution in [1.29, 1.82) is 0 Å². The van der Waals surface area contributed by atoms with Gasteiger partial charge in [0.2, 0.25) is 5.91 Å². The number of ether oxygens (including phenoxy) is 1. The molecule has 1 fully saturated rings. The number of hydrogen-bond acceptors (Lipinski definition) is 5. The first-order valence-electron chi connectivity index (χ1n) is 11.1. The van der Waals surface area contributed by atoms with Crippen LogP contribution in [-0.4, -0.2) is 57.5 Å². The Morgan fingerprint density at radius 3 is 2.75 bits per heavy atom. The molecule has 0 aromatic carbocycles. The molecule has 0 unspecified atom stereocenters. The van der Waals surface area contributed by atoms with Crippen molar-refractivity contribution in [3.8, 4) is 5.69 Å². The molecule has 12 heteroatoms. The Bertz CT molecular complexity index is 1220. The molecule has 1 aliphatic rings. The molecule has 192 valence electrons. The maximum absolute atomic E-state index is 13.1. The largest absolute Gasteiger partial charge is 0.573 e. The molecule has 1 N–H and O–H groups in total. The Balaban J connectivity index is 1.95. The Morgan fingerprint density at radius 1 is 1.36 bits per heavy atom. The van der Waals surface area contributed by atoms with E-state index in [0.717, 1.165) is 17.3 Å². The SMILES string of the molecule is C=C(/C=C(/Br)C/C=C(\CC)c1cc(C(=O)N2CCNC(=O)C2)nn1-c1ccnc(C)c1)OC(F)(F)F. The lowest BCUT2D eigenvalue weighted by Gasteiger charge is -2.25. The Hall–Kier alpha value is -3.41. The van der Waals surface area contributed by atoms with Crippen LogP contribution in [0.1, 0.15) is 41.6 Å². The lowest BCUT2D eigenvalue weighted by molar-refractivity contribution is -0.303. The number of allylic oxidation sites excluding steroid dienone is 4. The predicted molar refractivity (Wildman–Crippen MR) is 131 cm³/mol. The van der Waals surface area contributed by atoms with Crippen molar-refractivity contribution < 1.29 is 27.5 Å². The first-order chi connectivity index (χ1) is 17.0. The van der Waals surface area contributed by atoms with Gasteiger partial charge in [-0.15, -0.1) is 13.2 Å². The number of piperazine rings is 1. The lowest BCUT2D eigenvalue weighted by Crippen LogP contribution is -2.50. The summed E-state index contributed by atoms with van der Waals surface area (Å²) in [6.45, 7) is 7.70. The molecule has 0 radical (unpaired) electrons. The van der Waals surface area contributed by atoms with Gasteiger partial charge in [-0.25, -0.2) is 4.68 Å². The van der Waals surface area contributed by atoms with E-state index in [0.29, 0.717) is 35.4 Å². The molecule has 0 saturated carbocycles. The van der Waals surface area contributed by atoms with Gasteiger partial charge in [-0.2, -0.15) is 5.10 Å². The summed E-state index contributed by atoms with van der Waals surface area (Å²) in [4.78, 5) is 30.5. The van der Waals surface area contributed by atoms with Crippen LogP contribution in [0.5, 0.6) is 0 Å². The highest BCUT2D eigenvalue weighted by atomic mass is 79.9. The van der Waals surface area contributed by atoms with Crippen molar-refractivity contribution in [2.75, 3.05) is 19.6 Å². The molecule has 1 aliphatic heterocycles. The summed E-state index contributed by atoms with van der Waals surface area (Å²) in [5.41, 5.74) is 3.06. The topological polar surface area (TPSA) is 89.4 Å². The summed E-state index contributed by atoms with van der Waals surface area (Å²) in [5, 5.41) is 7.23. The standard InChI is InChI=1S/C24H25BrF3N5O3/c1-4-17(5-6-18(25)12-16(3)36-24(26,27)28)21-13-20(23(35)32-10-9-30-22(34)14-32)31-33(21)19-7-8-29-15(2)11-19/h5,7-8,11-13H,3-4,6,9-10,14H2,1-2H3,(H,30,34)/b17-5+,18-12+. The highest BCUT2D eigenvalue weighted by Crippen LogP contribution is 2.27. The van der Waals surface area contributed by atoms with Crippen molar-refractivity contribution in [1.82, 2.24) is 25.0 Å². The first kappa shape index (κ1) is 27.2. The van der Waals surface area contributed by atoms with Crippen LogP contribution in [-0.2, 0) is 9.53 Å². The normalized spacial score (nSPS) is 15.1. The third-order valence-electron chi connectivity index (χ3n) is 5.20. The van der Waals surface area contributed by atoms with Crippen molar-refractivity contribution in [3.63, 3.8) is 0 Å². The second kappa shape index (κ2) is 11.5. The van der Waals surface area contributed by atoms with E-state index in [-0.39, 0.29) is 30.5 Å². The van der Waals surface area contributed by atoms with Gasteiger partial charge in [0.1, 0.15) is 5.76 Å². The van der Waals surface area contributed by atoms with E-state index >= 15 is 0 Å². The average molecular weight is 568 g/mol. The van der Waals surface area contributed by atoms with Crippen LogP contribution in [0, 0.1) is 6.92 Å². The molecule has 2 amide bonds. The van der Waals surface area contributed by atoms with E-state index in [2.05, 4.69) is 42.6 Å². The van der Waals surface area contributed by atoms with Gasteiger partial charge in [-0.3, -0.25) is 14.6 Å². The number of pyridine rings is 1. The van der Waals surface area contributed by atoms with Crippen LogP contribution in [0.25, 0.3) is 11.3 Å². The van der Waals surface area contributed by atoms with Crippen LogP contribution in [0.2, 0.25) is 0 Å². The van der Waals surface area contributed by atoms with E-state index in [1.54, 1.807) is 23.0 Å². The smallest absolute Gasteiger partial charge is 0.406 e. The molecule has 0 spiro atoms. The second-order valence-electron chi connectivity index (χ2n) is 7.95. The number of carbonyl (C=O) groups is 2. The summed E-state index contributed by atoms with van der Waals surface area (Å²) in [5.74, 6) is -1.15. The van der Waals surface area contributed by atoms with Gasteiger partial charge in [-0.1, -0.05) is 35.5 Å². The third kappa shape index (κ3) is 7.30. The van der Waals surface area contributed by atoms with Crippen LogP contribution in [0.3, 0.4) is 0 Å². The highest BCUT2D eigenvalue weighted by Gasteiger charge is 2.31. The lowest BCUT2D eigenvalue weighted by atomic mass is 10.1. The molecular weight excluding hydrogens is 543 g/mol. The fourth-order valence-corrected chi connectivity index (χ4v) is 4.03. The van der Waals surface area contributed by atoms with Crippen LogP contribution in [0.4, 0.5) is 13.2 Å². The molecule has 0 aliphatic carbocycles. The zero-order valence-electron chi connectivity index (χ0n) is 19.7. The summed E-state index contributed by atoms with van der Waals surface area (Å²) >= 11 is 3.25. The second-order valence-corrected chi connectivity index (χ2v) is 8.97. The zero-order valence-corrected chi connectivity index (χ0v) is 21.3. The van der Waals surface area contributed by atoms with Gasteiger partial charge in [-0.05, 0) is 49.6 Å². The summed E-state index contributed by atoms with van der Waals surface area (Å²) in [7, 11) is 0. The van der Waals surface area contributed by atoms with E-state index in [1.165, 1.54) is 4.90 Å². The fraction of sp³-hybridized carbons (Fsp3) is 0.333. The fourth-order valence-electron chi connectivity index (χ4n) is 3.61. The van der Waals surface area contributed by atoms with Crippen molar-refractivity contribution >= 4 is 33.3 Å². The molecular formula is C24H25BrF3N5O3. The van der Waals surface area contributed by atoms with Gasteiger partial charge in [0.25, 0.3) is 5.91 Å². The van der Waals surface area contributed by atoms with Gasteiger partial charge in [0.15, 0.2) is 5.69 Å². The van der Waals surface area contributed by atoms with E-state index in [9.17, 15) is 22.8 Å². The molecule has 0 atom stereocenters. The van der Waals surface area contributed by atoms with Gasteiger partial charge in [0, 0.05) is 29.5 Å². The maximum atomic E-state index is 13.1. The number of rotatable bonds is 8. The number of nitrogens with zero attached hydrogens (tertiary/aromatic N) is 4. The number of alkyl halides is 3. The number of nitrogens with one attached hydrogen (secondary N) is 1. The number of carbonyl (C=O) groups excluding carboxylic acids is 2. The van der Waals surface area contributed by atoms with Crippen molar-refractivity contribution in [3.05, 3.63) is 70.5 Å². The van der Waals surface area contributed by atoms with Crippen LogP contribution >= 0.6 is 15.9 Å². The zero-order chi connectivity index (χ0) is 26.5. The molecule has 3 rings (SSSR count). The Labute approximate surface area is 214 Å². The van der Waals surface area contributed by atoms with Crippen LogP contribution in [0.15, 0.2) is 53.4 Å². The number of aryl methyl sites for hydroxylation is 1. The monoisotopic (exact) mass is 567 g/mol. The van der Waals surface area contributed by atoms with E-state index in [1.807, 2.05) is 26.0 Å². The molecule has 8 nitrogen and oxygen atoms in total. The van der Waals surface area contributed by atoms with Gasteiger partial charge in [0.05, 0.1) is 17.9 Å². The molecule has 3 heterocycles. The minimum absolute atomic E-state index is 0.0481. The summed E-state index contributed by atoms with van der Waals surface area (Å²) in [6.07, 6.45) is 0.587. The minimum atomic E-state index is -4.82. The first-order valence-corrected chi connectivity index (χ1v) is 11.8. The van der Waals surface area contributed by atoms with E-state index in [4.69, 9.17) is 0 Å². The maximum Gasteiger partial charge on any atom is 0.573 e. The Kier molecular flexibility index (Phi) is 8.72. The number of aromatic nitrogens is 3. The molecule has 2 aromatic rings. The quantitative estimate of drug-likeness (QED) is 0.370. The molecule has 1 saturated heterocycles. The van der Waals surface area contributed by atoms with Gasteiger partial charge < -0.3 is 15.0 Å². The minimum Gasteiger partial charge on any atom is -0.406 e. The molecule has 2 aromatic heterocycles. The number of amides is 2. The predicted octanol–water partition coefficient (Wildman–Crippen LogP) is 4.66. The summed E-state index contributed by atoms with van der Waals surface area (Å²) in [6, 6.07) is 5.23. The Morgan fingerprint density at radius 2 is 2.11 bits per heavy atom. The molecule has 0 bridgehead atoms. The number of hydrogen-bond donors (Lipinski definition) is 1. The average Bonchev–Trinajstić information content (AvgIpc) is 3.23. The molecule has 36 heavy (non-hydrogen) atoms. The van der Waals surface area contributed by atoms with Crippen molar-refractivity contribution in [2.24, 2.45) is 0 Å². The summed E-state index contributed by atoms with van der Waals surface area (Å²) < 4.78 is 43.0.